The minimum absolute atomic E-state index is 0.0249. The first-order chi connectivity index (χ1) is 11.2. The van der Waals surface area contributed by atoms with E-state index in [-0.39, 0.29) is 17.7 Å². The van der Waals surface area contributed by atoms with Crippen molar-refractivity contribution in [3.63, 3.8) is 0 Å². The van der Waals surface area contributed by atoms with Crippen molar-refractivity contribution in [1.82, 2.24) is 4.90 Å². The quantitative estimate of drug-likeness (QED) is 0.683. The topological polar surface area (TPSA) is 37.4 Å². The molecule has 0 spiro atoms. The molecule has 1 amide bonds. The molecule has 3 heteroatoms. The van der Waals surface area contributed by atoms with Crippen LogP contribution < -0.4 is 0 Å². The summed E-state index contributed by atoms with van der Waals surface area (Å²) in [6.45, 7) is 2.91. The number of ketones is 1. The van der Waals surface area contributed by atoms with Gasteiger partial charge in [0.1, 0.15) is 0 Å². The minimum Gasteiger partial charge on any atom is -0.336 e. The third-order valence-electron chi connectivity index (χ3n) is 5.04. The maximum absolute atomic E-state index is 12.8. The van der Waals surface area contributed by atoms with Gasteiger partial charge in [0.05, 0.1) is 0 Å². The Morgan fingerprint density at radius 2 is 1.74 bits per heavy atom. The molecule has 1 unspecified atom stereocenters. The maximum atomic E-state index is 12.8. The lowest BCUT2D eigenvalue weighted by Crippen LogP contribution is -2.42. The van der Waals surface area contributed by atoms with Crippen LogP contribution in [0.4, 0.5) is 0 Å². The highest BCUT2D eigenvalue weighted by atomic mass is 16.2. The van der Waals surface area contributed by atoms with Crippen molar-refractivity contribution in [2.45, 2.75) is 32.2 Å². The molecule has 23 heavy (non-hydrogen) atoms. The summed E-state index contributed by atoms with van der Waals surface area (Å²) in [5.41, 5.74) is 3.92. The number of rotatable bonds is 1. The number of fused-ring (bicyclic) bond motifs is 3. The summed E-state index contributed by atoms with van der Waals surface area (Å²) in [7, 11) is 0. The summed E-state index contributed by atoms with van der Waals surface area (Å²) in [5.74, 6) is 0.0701. The second kappa shape index (κ2) is 5.34. The van der Waals surface area contributed by atoms with Crippen LogP contribution >= 0.6 is 0 Å². The van der Waals surface area contributed by atoms with Gasteiger partial charge < -0.3 is 4.90 Å². The molecule has 0 radical (unpaired) electrons. The van der Waals surface area contributed by atoms with Gasteiger partial charge in [0, 0.05) is 29.3 Å². The van der Waals surface area contributed by atoms with E-state index in [0.29, 0.717) is 11.1 Å². The van der Waals surface area contributed by atoms with Crippen molar-refractivity contribution in [3.8, 4) is 11.1 Å². The molecule has 0 bridgehead atoms. The number of benzene rings is 2. The van der Waals surface area contributed by atoms with Crippen molar-refractivity contribution in [2.24, 2.45) is 0 Å². The average molecular weight is 305 g/mol. The molecule has 116 valence electrons. The SMILES string of the molecule is CC1CCCCN1C(=O)c1ccc2c(c1)C(=O)c1ccccc1-2. The first-order valence-corrected chi connectivity index (χ1v) is 8.26. The van der Waals surface area contributed by atoms with E-state index >= 15 is 0 Å². The van der Waals surface area contributed by atoms with Gasteiger partial charge in [0.25, 0.3) is 5.91 Å². The standard InChI is InChI=1S/C20H19NO2/c1-13-6-4-5-11-21(13)20(23)14-9-10-16-15-7-2-3-8-17(15)19(22)18(16)12-14/h2-3,7-10,12-13H,4-6,11H2,1H3. The molecular weight excluding hydrogens is 286 g/mol. The predicted octanol–water partition coefficient (Wildman–Crippen LogP) is 3.91. The van der Waals surface area contributed by atoms with E-state index in [2.05, 4.69) is 6.92 Å². The molecule has 0 saturated carbocycles. The highest BCUT2D eigenvalue weighted by Gasteiger charge is 2.29. The molecule has 1 saturated heterocycles. The fourth-order valence-corrected chi connectivity index (χ4v) is 3.73. The van der Waals surface area contributed by atoms with Crippen LogP contribution in [-0.4, -0.2) is 29.2 Å². The van der Waals surface area contributed by atoms with Gasteiger partial charge in [-0.15, -0.1) is 0 Å². The van der Waals surface area contributed by atoms with Crippen LogP contribution in [0.25, 0.3) is 11.1 Å². The predicted molar refractivity (Wildman–Crippen MR) is 89.7 cm³/mol. The molecule has 3 nitrogen and oxygen atoms in total. The molecule has 0 N–H and O–H groups in total. The summed E-state index contributed by atoms with van der Waals surface area (Å²) in [6.07, 6.45) is 3.30. The van der Waals surface area contributed by atoms with Gasteiger partial charge in [-0.3, -0.25) is 9.59 Å². The molecule has 0 aromatic heterocycles. The van der Waals surface area contributed by atoms with Crippen LogP contribution in [0.2, 0.25) is 0 Å². The van der Waals surface area contributed by atoms with Gasteiger partial charge in [-0.25, -0.2) is 0 Å². The number of piperidine rings is 1. The molecular formula is C20H19NO2. The summed E-state index contributed by atoms with van der Waals surface area (Å²) in [6, 6.07) is 13.5. The van der Waals surface area contributed by atoms with Gasteiger partial charge in [0.2, 0.25) is 0 Å². The lowest BCUT2D eigenvalue weighted by molar-refractivity contribution is 0.0635. The number of hydrogen-bond donors (Lipinski definition) is 0. The van der Waals surface area contributed by atoms with E-state index in [1.165, 1.54) is 6.42 Å². The molecule has 1 aliphatic carbocycles. The monoisotopic (exact) mass is 305 g/mol. The number of carbonyl (C=O) groups is 2. The van der Waals surface area contributed by atoms with E-state index in [9.17, 15) is 9.59 Å². The molecule has 1 atom stereocenters. The second-order valence-electron chi connectivity index (χ2n) is 6.48. The van der Waals surface area contributed by atoms with E-state index in [1.54, 1.807) is 6.07 Å². The Hall–Kier alpha value is -2.42. The third-order valence-corrected chi connectivity index (χ3v) is 5.04. The fourth-order valence-electron chi connectivity index (χ4n) is 3.73. The van der Waals surface area contributed by atoms with Crippen molar-refractivity contribution in [2.75, 3.05) is 6.54 Å². The van der Waals surface area contributed by atoms with Crippen LogP contribution in [0.5, 0.6) is 0 Å². The summed E-state index contributed by atoms with van der Waals surface area (Å²) >= 11 is 0. The molecule has 2 aliphatic rings. The smallest absolute Gasteiger partial charge is 0.254 e. The highest BCUT2D eigenvalue weighted by molar-refractivity contribution is 6.22. The lowest BCUT2D eigenvalue weighted by Gasteiger charge is -2.33. The summed E-state index contributed by atoms with van der Waals surface area (Å²) < 4.78 is 0. The van der Waals surface area contributed by atoms with Crippen LogP contribution in [0.3, 0.4) is 0 Å². The van der Waals surface area contributed by atoms with Crippen molar-refractivity contribution < 1.29 is 9.59 Å². The van der Waals surface area contributed by atoms with Crippen molar-refractivity contribution in [1.29, 1.82) is 0 Å². The fraction of sp³-hybridized carbons (Fsp3) is 0.300. The van der Waals surface area contributed by atoms with E-state index < -0.39 is 0 Å². The van der Waals surface area contributed by atoms with E-state index in [4.69, 9.17) is 0 Å². The van der Waals surface area contributed by atoms with E-state index in [1.807, 2.05) is 41.3 Å². The molecule has 4 rings (SSSR count). The number of amides is 1. The number of nitrogens with zero attached hydrogens (tertiary/aromatic N) is 1. The summed E-state index contributed by atoms with van der Waals surface area (Å²) in [5, 5.41) is 0. The van der Waals surface area contributed by atoms with Crippen molar-refractivity contribution in [3.05, 3.63) is 59.2 Å². The second-order valence-corrected chi connectivity index (χ2v) is 6.48. The minimum atomic E-state index is 0.0249. The molecule has 2 aromatic rings. The maximum Gasteiger partial charge on any atom is 0.254 e. The van der Waals surface area contributed by atoms with Gasteiger partial charge >= 0.3 is 0 Å². The zero-order valence-electron chi connectivity index (χ0n) is 13.2. The number of carbonyl (C=O) groups excluding carboxylic acids is 2. The van der Waals surface area contributed by atoms with Gasteiger partial charge in [0.15, 0.2) is 5.78 Å². The Morgan fingerprint density at radius 3 is 2.52 bits per heavy atom. The molecule has 2 aromatic carbocycles. The Morgan fingerprint density at radius 1 is 1.00 bits per heavy atom. The normalized spacial score (nSPS) is 19.4. The van der Waals surface area contributed by atoms with Crippen LogP contribution in [0.1, 0.15) is 52.5 Å². The first kappa shape index (κ1) is 14.2. The van der Waals surface area contributed by atoms with Crippen molar-refractivity contribution >= 4 is 11.7 Å². The van der Waals surface area contributed by atoms with Crippen LogP contribution in [0.15, 0.2) is 42.5 Å². The largest absolute Gasteiger partial charge is 0.336 e. The molecule has 1 fully saturated rings. The van der Waals surface area contributed by atoms with Gasteiger partial charge in [-0.2, -0.15) is 0 Å². The zero-order valence-corrected chi connectivity index (χ0v) is 13.2. The Kier molecular flexibility index (Phi) is 3.29. The van der Waals surface area contributed by atoms with Crippen LogP contribution in [-0.2, 0) is 0 Å². The average Bonchev–Trinajstić information content (AvgIpc) is 2.88. The molecule has 1 aliphatic heterocycles. The first-order valence-electron chi connectivity index (χ1n) is 8.26. The Bertz CT molecular complexity index is 809. The van der Waals surface area contributed by atoms with Gasteiger partial charge in [-0.05, 0) is 49.4 Å². The lowest BCUT2D eigenvalue weighted by atomic mass is 9.99. The third kappa shape index (κ3) is 2.19. The summed E-state index contributed by atoms with van der Waals surface area (Å²) in [4.78, 5) is 27.3. The van der Waals surface area contributed by atoms with E-state index in [0.717, 1.165) is 36.1 Å². The Labute approximate surface area is 135 Å². The molecule has 1 heterocycles. The highest BCUT2D eigenvalue weighted by Crippen LogP contribution is 2.37. The number of hydrogen-bond acceptors (Lipinski definition) is 2. The zero-order chi connectivity index (χ0) is 16.0. The Balaban J connectivity index is 1.71. The van der Waals surface area contributed by atoms with Crippen LogP contribution in [0, 0.1) is 0 Å². The van der Waals surface area contributed by atoms with Gasteiger partial charge in [-0.1, -0.05) is 30.3 Å². The number of likely N-dealkylation sites (tertiary alicyclic amines) is 1.